The summed E-state index contributed by atoms with van der Waals surface area (Å²) in [6.07, 6.45) is 3.85. The van der Waals surface area contributed by atoms with Crippen LogP contribution in [0.5, 0.6) is 0 Å². The third-order valence-corrected chi connectivity index (χ3v) is 3.37. The van der Waals surface area contributed by atoms with E-state index in [9.17, 15) is 10.0 Å². The Balaban J connectivity index is 2.37. The van der Waals surface area contributed by atoms with Crippen molar-refractivity contribution in [2.45, 2.75) is 0 Å². The summed E-state index contributed by atoms with van der Waals surface area (Å²) in [6, 6.07) is 4.82. The maximum Gasteiger partial charge on any atom is 0.270 e. The Hall–Kier alpha value is -2.67. The molecule has 8 heteroatoms. The van der Waals surface area contributed by atoms with E-state index in [0.29, 0.717) is 44.0 Å². The minimum absolute atomic E-state index is 0.296. The van der Waals surface area contributed by atoms with Crippen molar-refractivity contribution >= 4 is 40.1 Å². The van der Waals surface area contributed by atoms with E-state index in [2.05, 4.69) is 10.2 Å². The summed E-state index contributed by atoms with van der Waals surface area (Å²) in [7, 11) is 3.59. The Bertz CT molecular complexity index is 916. The van der Waals surface area contributed by atoms with E-state index in [4.69, 9.17) is 11.6 Å². The fraction of sp³-hybridized carbons (Fsp3) is 0.143. The molecule has 0 amide bonds. The van der Waals surface area contributed by atoms with Crippen LogP contribution in [-0.2, 0) is 4.79 Å². The lowest BCUT2D eigenvalue weighted by atomic mass is 10.1. The Labute approximate surface area is 130 Å². The van der Waals surface area contributed by atoms with Gasteiger partial charge in [-0.1, -0.05) is 11.6 Å². The molecular formula is C14H12ClN5O2. The molecule has 0 fully saturated rings. The molecule has 7 nitrogen and oxygen atoms in total. The van der Waals surface area contributed by atoms with Crippen molar-refractivity contribution < 1.29 is 9.64 Å². The van der Waals surface area contributed by atoms with Crippen LogP contribution in [0.25, 0.3) is 22.3 Å². The van der Waals surface area contributed by atoms with Gasteiger partial charge in [0.1, 0.15) is 5.52 Å². The minimum Gasteiger partial charge on any atom is -0.594 e. The average Bonchev–Trinajstić information content (AvgIpc) is 2.88. The van der Waals surface area contributed by atoms with Crippen molar-refractivity contribution in [3.05, 3.63) is 46.4 Å². The summed E-state index contributed by atoms with van der Waals surface area (Å²) in [6.45, 7) is 0. The molecule has 0 saturated carbocycles. The van der Waals surface area contributed by atoms with Gasteiger partial charge in [0.05, 0.1) is 11.8 Å². The van der Waals surface area contributed by atoms with Crippen LogP contribution < -0.4 is 4.85 Å². The first-order valence-corrected chi connectivity index (χ1v) is 6.79. The molecule has 112 valence electrons. The van der Waals surface area contributed by atoms with E-state index >= 15 is 0 Å². The number of hydrogen-bond donors (Lipinski definition) is 0. The summed E-state index contributed by atoms with van der Waals surface area (Å²) in [4.78, 5) is 13.6. The average molecular weight is 318 g/mol. The normalized spacial score (nSPS) is 12.0. The molecule has 3 aromatic rings. The minimum atomic E-state index is 0.296. The summed E-state index contributed by atoms with van der Waals surface area (Å²) in [5.41, 5.74) is 2.03. The molecule has 2 heterocycles. The van der Waals surface area contributed by atoms with E-state index < -0.39 is 0 Å². The SMILES string of the molecule is CN(C)/C=C(/C=O)c1cnn2c1n[n+]([O-])c1ccc(Cl)cc12. The highest BCUT2D eigenvalue weighted by molar-refractivity contribution is 6.31. The zero-order chi connectivity index (χ0) is 15.9. The molecule has 0 saturated heterocycles. The van der Waals surface area contributed by atoms with Crippen LogP contribution in [-0.4, -0.2) is 40.0 Å². The molecule has 0 aliphatic heterocycles. The van der Waals surface area contributed by atoms with Gasteiger partial charge in [-0.3, -0.25) is 4.79 Å². The van der Waals surface area contributed by atoms with Crippen LogP contribution in [0.4, 0.5) is 0 Å². The first-order chi connectivity index (χ1) is 10.5. The number of benzene rings is 1. The molecule has 22 heavy (non-hydrogen) atoms. The van der Waals surface area contributed by atoms with Gasteiger partial charge in [0.15, 0.2) is 6.29 Å². The number of halogens is 1. The van der Waals surface area contributed by atoms with E-state index in [1.165, 1.54) is 10.7 Å². The summed E-state index contributed by atoms with van der Waals surface area (Å²) in [5.74, 6) is 0. The standard InChI is InChI=1S/C14H12ClN5O2/c1-18(2)7-9(8-21)11-6-16-19-13-5-10(15)3-4-12(13)20(22)17-14(11)19/h3-8H,1-2H3/b9-7-. The zero-order valence-corrected chi connectivity index (χ0v) is 12.7. The molecule has 0 atom stereocenters. The first kappa shape index (κ1) is 14.3. The Morgan fingerprint density at radius 3 is 2.91 bits per heavy atom. The fourth-order valence-electron chi connectivity index (χ4n) is 2.23. The van der Waals surface area contributed by atoms with Crippen molar-refractivity contribution in [1.29, 1.82) is 0 Å². The predicted molar refractivity (Wildman–Crippen MR) is 82.2 cm³/mol. The molecule has 0 radical (unpaired) electrons. The van der Waals surface area contributed by atoms with Crippen molar-refractivity contribution in [2.75, 3.05) is 14.1 Å². The van der Waals surface area contributed by atoms with E-state index in [1.807, 2.05) is 0 Å². The number of hydrogen-bond acceptors (Lipinski definition) is 5. The van der Waals surface area contributed by atoms with Gasteiger partial charge in [0.2, 0.25) is 5.65 Å². The summed E-state index contributed by atoms with van der Waals surface area (Å²) >= 11 is 5.99. The maximum atomic E-state index is 12.1. The van der Waals surface area contributed by atoms with Gasteiger partial charge in [-0.05, 0) is 17.0 Å². The molecule has 0 N–H and O–H groups in total. The molecule has 3 rings (SSSR count). The van der Waals surface area contributed by atoms with Crippen LogP contribution in [0.2, 0.25) is 5.02 Å². The Morgan fingerprint density at radius 1 is 1.45 bits per heavy atom. The lowest BCUT2D eigenvalue weighted by molar-refractivity contribution is -0.640. The molecule has 0 aliphatic carbocycles. The third kappa shape index (κ3) is 2.25. The van der Waals surface area contributed by atoms with E-state index in [0.717, 1.165) is 0 Å². The quantitative estimate of drug-likeness (QED) is 0.315. The number of carbonyl (C=O) groups is 1. The first-order valence-electron chi connectivity index (χ1n) is 6.42. The van der Waals surface area contributed by atoms with Crippen LogP contribution in [0, 0.1) is 5.21 Å². The Morgan fingerprint density at radius 2 is 2.23 bits per heavy atom. The van der Waals surface area contributed by atoms with Crippen LogP contribution in [0.15, 0.2) is 30.6 Å². The molecule has 0 bridgehead atoms. The van der Waals surface area contributed by atoms with Gasteiger partial charge < -0.3 is 10.1 Å². The maximum absolute atomic E-state index is 12.1. The number of fused-ring (bicyclic) bond motifs is 3. The molecule has 0 unspecified atom stereocenters. The van der Waals surface area contributed by atoms with E-state index in [-0.39, 0.29) is 0 Å². The Kier molecular flexibility index (Phi) is 3.42. The molecule has 1 aromatic carbocycles. The smallest absolute Gasteiger partial charge is 0.270 e. The number of carbonyl (C=O) groups excluding carboxylic acids is 1. The van der Waals surface area contributed by atoms with Crippen LogP contribution >= 0.6 is 11.6 Å². The lowest BCUT2D eigenvalue weighted by Crippen LogP contribution is -2.33. The molecule has 0 spiro atoms. The van der Waals surface area contributed by atoms with Gasteiger partial charge in [0.25, 0.3) is 5.52 Å². The third-order valence-electron chi connectivity index (χ3n) is 3.14. The highest BCUT2D eigenvalue weighted by atomic mass is 35.5. The van der Waals surface area contributed by atoms with Crippen LogP contribution in [0.1, 0.15) is 5.56 Å². The molecule has 0 aliphatic rings. The van der Waals surface area contributed by atoms with Gasteiger partial charge in [-0.25, -0.2) is 4.52 Å². The number of rotatable bonds is 3. The number of aldehydes is 1. The lowest BCUT2D eigenvalue weighted by Gasteiger charge is -2.06. The molecular weight excluding hydrogens is 306 g/mol. The topological polar surface area (TPSA) is 77.4 Å². The summed E-state index contributed by atoms with van der Waals surface area (Å²) in [5, 5.41) is 20.8. The second-order valence-electron chi connectivity index (χ2n) is 4.97. The predicted octanol–water partition coefficient (Wildman–Crippen LogP) is 1.27. The van der Waals surface area contributed by atoms with Crippen molar-refractivity contribution in [1.82, 2.24) is 19.6 Å². The van der Waals surface area contributed by atoms with Crippen molar-refractivity contribution in [3.63, 3.8) is 0 Å². The van der Waals surface area contributed by atoms with Crippen molar-refractivity contribution in [2.24, 2.45) is 0 Å². The van der Waals surface area contributed by atoms with E-state index in [1.54, 1.807) is 43.4 Å². The zero-order valence-electron chi connectivity index (χ0n) is 11.9. The monoisotopic (exact) mass is 317 g/mol. The second kappa shape index (κ2) is 5.27. The van der Waals surface area contributed by atoms with Gasteiger partial charge in [-0.15, -0.1) is 0 Å². The highest BCUT2D eigenvalue weighted by Crippen LogP contribution is 2.21. The van der Waals surface area contributed by atoms with Crippen molar-refractivity contribution in [3.8, 4) is 0 Å². The van der Waals surface area contributed by atoms with Gasteiger partial charge in [0, 0.05) is 42.1 Å². The van der Waals surface area contributed by atoms with Gasteiger partial charge >= 0.3 is 0 Å². The number of nitrogens with zero attached hydrogens (tertiary/aromatic N) is 5. The molecule has 2 aromatic heterocycles. The number of allylic oxidation sites excluding steroid dienone is 1. The van der Waals surface area contributed by atoms with Crippen LogP contribution in [0.3, 0.4) is 0 Å². The highest BCUT2D eigenvalue weighted by Gasteiger charge is 2.18. The summed E-state index contributed by atoms with van der Waals surface area (Å²) < 4.78 is 1.50. The largest absolute Gasteiger partial charge is 0.594 e. The second-order valence-corrected chi connectivity index (χ2v) is 5.40. The number of aromatic nitrogens is 4. The van der Waals surface area contributed by atoms with Gasteiger partial charge in [-0.2, -0.15) is 5.10 Å². The fourth-order valence-corrected chi connectivity index (χ4v) is 2.39.